The maximum absolute atomic E-state index is 12.4. The molecule has 0 spiro atoms. The Kier molecular flexibility index (Phi) is 4.53. The van der Waals surface area contributed by atoms with E-state index in [1.54, 1.807) is 24.3 Å². The molecule has 0 saturated carbocycles. The van der Waals surface area contributed by atoms with Crippen molar-refractivity contribution in [3.05, 3.63) is 51.9 Å². The number of esters is 1. The maximum atomic E-state index is 12.4. The number of fused-ring (bicyclic) bond motifs is 1. The molecule has 1 aromatic carbocycles. The van der Waals surface area contributed by atoms with Gasteiger partial charge in [-0.1, -0.05) is 23.9 Å². The first-order valence-electron chi connectivity index (χ1n) is 6.74. The predicted octanol–water partition coefficient (Wildman–Crippen LogP) is 2.07. The number of benzene rings is 1. The van der Waals surface area contributed by atoms with Crippen LogP contribution in [0.1, 0.15) is 20.7 Å². The van der Waals surface area contributed by atoms with Gasteiger partial charge in [0.2, 0.25) is 5.12 Å². The minimum Gasteiger partial charge on any atom is -0.465 e. The predicted molar refractivity (Wildman–Crippen MR) is 87.2 cm³/mol. The molecule has 2 aromatic rings. The monoisotopic (exact) mass is 348 g/mol. The maximum Gasteiger partial charge on any atom is 0.339 e. The first-order valence-corrected chi connectivity index (χ1v) is 8.54. The summed E-state index contributed by atoms with van der Waals surface area (Å²) in [6.45, 7) is 0.552. The molecule has 0 amide bonds. The van der Waals surface area contributed by atoms with Crippen molar-refractivity contribution in [3.8, 4) is 0 Å². The molecule has 2 heterocycles. The normalized spacial score (nSPS) is 12.7. The molecule has 6 nitrogen and oxygen atoms in total. The first kappa shape index (κ1) is 15.8. The van der Waals surface area contributed by atoms with Gasteiger partial charge in [0, 0.05) is 23.4 Å². The number of nitrogens with zero attached hydrogens (tertiary/aromatic N) is 2. The van der Waals surface area contributed by atoms with E-state index in [1.165, 1.54) is 29.6 Å². The van der Waals surface area contributed by atoms with Crippen molar-refractivity contribution < 1.29 is 14.3 Å². The molecule has 0 bridgehead atoms. The third-order valence-electron chi connectivity index (χ3n) is 3.27. The molecule has 23 heavy (non-hydrogen) atoms. The van der Waals surface area contributed by atoms with Crippen LogP contribution < -0.4 is 5.56 Å². The standard InChI is InChI=1S/C15H12N2O4S2/c1-21-13(19)9-4-2-3-5-11(9)23-14(20)10-8-16-15-17(12(10)18)6-7-22-15/h2-5,8H,6-7H2,1H3. The van der Waals surface area contributed by atoms with E-state index in [0.717, 1.165) is 17.5 Å². The minimum absolute atomic E-state index is 0.0147. The molecular formula is C15H12N2O4S2. The Labute approximate surface area is 140 Å². The number of hydrogen-bond acceptors (Lipinski definition) is 7. The number of ether oxygens (including phenoxy) is 1. The van der Waals surface area contributed by atoms with Gasteiger partial charge in [0.15, 0.2) is 5.16 Å². The molecule has 1 aliphatic rings. The highest BCUT2D eigenvalue weighted by Gasteiger charge is 2.22. The molecule has 0 saturated heterocycles. The second kappa shape index (κ2) is 6.59. The smallest absolute Gasteiger partial charge is 0.339 e. The molecule has 0 N–H and O–H groups in total. The number of hydrogen-bond donors (Lipinski definition) is 0. The van der Waals surface area contributed by atoms with Gasteiger partial charge in [-0.25, -0.2) is 9.78 Å². The number of rotatable bonds is 3. The second-order valence-corrected chi connectivity index (χ2v) is 6.71. The highest BCUT2D eigenvalue weighted by atomic mass is 32.2. The second-order valence-electron chi connectivity index (χ2n) is 4.64. The Bertz CT molecular complexity index is 848. The highest BCUT2D eigenvalue weighted by Crippen LogP contribution is 2.27. The number of carbonyl (C=O) groups is 2. The van der Waals surface area contributed by atoms with Gasteiger partial charge in [-0.2, -0.15) is 0 Å². The Morgan fingerprint density at radius 2 is 2.09 bits per heavy atom. The van der Waals surface area contributed by atoms with Gasteiger partial charge in [-0.05, 0) is 23.9 Å². The van der Waals surface area contributed by atoms with Crippen LogP contribution in [0, 0.1) is 0 Å². The Balaban J connectivity index is 1.92. The summed E-state index contributed by atoms with van der Waals surface area (Å²) in [5, 5.41) is 0.192. The van der Waals surface area contributed by atoms with Crippen LogP contribution in [0.5, 0.6) is 0 Å². The fraction of sp³-hybridized carbons (Fsp3) is 0.200. The van der Waals surface area contributed by atoms with Crippen LogP contribution >= 0.6 is 23.5 Å². The average Bonchev–Trinajstić information content (AvgIpc) is 3.04. The van der Waals surface area contributed by atoms with E-state index in [0.29, 0.717) is 16.6 Å². The van der Waals surface area contributed by atoms with Crippen LogP contribution in [0.3, 0.4) is 0 Å². The van der Waals surface area contributed by atoms with E-state index in [9.17, 15) is 14.4 Å². The molecule has 0 radical (unpaired) electrons. The van der Waals surface area contributed by atoms with E-state index < -0.39 is 11.1 Å². The topological polar surface area (TPSA) is 78.3 Å². The van der Waals surface area contributed by atoms with Crippen LogP contribution in [0.15, 0.2) is 45.3 Å². The summed E-state index contributed by atoms with van der Waals surface area (Å²) in [4.78, 5) is 41.1. The summed E-state index contributed by atoms with van der Waals surface area (Å²) in [5.74, 6) is 0.249. The molecule has 0 atom stereocenters. The van der Waals surface area contributed by atoms with Gasteiger partial charge in [0.25, 0.3) is 5.56 Å². The van der Waals surface area contributed by atoms with Crippen LogP contribution in [-0.2, 0) is 11.3 Å². The lowest BCUT2D eigenvalue weighted by molar-refractivity contribution is 0.0597. The summed E-state index contributed by atoms with van der Waals surface area (Å²) in [5.41, 5.74) is -0.0351. The summed E-state index contributed by atoms with van der Waals surface area (Å²) < 4.78 is 6.21. The van der Waals surface area contributed by atoms with E-state index in [4.69, 9.17) is 4.74 Å². The minimum atomic E-state index is -0.527. The first-order chi connectivity index (χ1) is 11.1. The van der Waals surface area contributed by atoms with Crippen LogP contribution in [0.4, 0.5) is 0 Å². The van der Waals surface area contributed by atoms with Crippen molar-refractivity contribution in [3.63, 3.8) is 0 Å². The fourth-order valence-corrected chi connectivity index (χ4v) is 3.92. The van der Waals surface area contributed by atoms with Crippen LogP contribution in [-0.4, -0.2) is 33.5 Å². The molecule has 8 heteroatoms. The van der Waals surface area contributed by atoms with E-state index in [2.05, 4.69) is 4.98 Å². The van der Waals surface area contributed by atoms with Crippen molar-refractivity contribution >= 4 is 34.6 Å². The molecule has 0 unspecified atom stereocenters. The molecule has 3 rings (SSSR count). The van der Waals surface area contributed by atoms with Gasteiger partial charge >= 0.3 is 5.97 Å². The zero-order valence-corrected chi connectivity index (χ0v) is 13.8. The summed E-state index contributed by atoms with van der Waals surface area (Å²) in [6.07, 6.45) is 1.31. The zero-order chi connectivity index (χ0) is 16.4. The Hall–Kier alpha value is -2.06. The van der Waals surface area contributed by atoms with Crippen molar-refractivity contribution in [2.45, 2.75) is 16.6 Å². The van der Waals surface area contributed by atoms with E-state index >= 15 is 0 Å². The van der Waals surface area contributed by atoms with Crippen LogP contribution in [0.2, 0.25) is 0 Å². The molecule has 1 aliphatic heterocycles. The third-order valence-corrected chi connectivity index (χ3v) is 5.22. The van der Waals surface area contributed by atoms with Crippen molar-refractivity contribution in [2.75, 3.05) is 12.9 Å². The summed E-state index contributed by atoms with van der Waals surface area (Å²) in [7, 11) is 1.28. The Morgan fingerprint density at radius 1 is 1.30 bits per heavy atom. The Morgan fingerprint density at radius 3 is 2.87 bits per heavy atom. The highest BCUT2D eigenvalue weighted by molar-refractivity contribution is 8.14. The van der Waals surface area contributed by atoms with E-state index in [-0.39, 0.29) is 16.7 Å². The quantitative estimate of drug-likeness (QED) is 0.477. The SMILES string of the molecule is COC(=O)c1ccccc1SC(=O)c1cnc2n(c1=O)CCS2. The average molecular weight is 348 g/mol. The van der Waals surface area contributed by atoms with Gasteiger partial charge in [0.1, 0.15) is 5.56 Å². The number of methoxy groups -OCH3 is 1. The number of carbonyl (C=O) groups excluding carboxylic acids is 2. The largest absolute Gasteiger partial charge is 0.465 e. The van der Waals surface area contributed by atoms with Crippen molar-refractivity contribution in [1.82, 2.24) is 9.55 Å². The van der Waals surface area contributed by atoms with Gasteiger partial charge < -0.3 is 4.74 Å². The lowest BCUT2D eigenvalue weighted by Gasteiger charge is -2.07. The zero-order valence-electron chi connectivity index (χ0n) is 12.1. The van der Waals surface area contributed by atoms with Crippen molar-refractivity contribution in [2.24, 2.45) is 0 Å². The van der Waals surface area contributed by atoms with Gasteiger partial charge in [-0.15, -0.1) is 0 Å². The summed E-state index contributed by atoms with van der Waals surface area (Å²) in [6, 6.07) is 6.62. The van der Waals surface area contributed by atoms with Gasteiger partial charge in [-0.3, -0.25) is 14.2 Å². The lowest BCUT2D eigenvalue weighted by Crippen LogP contribution is -2.25. The molecule has 0 fully saturated rings. The molecular weight excluding hydrogens is 336 g/mol. The number of thioether (sulfide) groups is 2. The van der Waals surface area contributed by atoms with Crippen molar-refractivity contribution in [1.29, 1.82) is 0 Å². The molecule has 118 valence electrons. The summed E-state index contributed by atoms with van der Waals surface area (Å²) >= 11 is 2.32. The van der Waals surface area contributed by atoms with E-state index in [1.807, 2.05) is 0 Å². The third kappa shape index (κ3) is 3.04. The van der Waals surface area contributed by atoms with Crippen LogP contribution in [0.25, 0.3) is 0 Å². The fourth-order valence-electron chi connectivity index (χ4n) is 2.15. The molecule has 1 aromatic heterocycles. The van der Waals surface area contributed by atoms with Gasteiger partial charge in [0.05, 0.1) is 12.7 Å². The number of aromatic nitrogens is 2. The molecule has 0 aliphatic carbocycles. The lowest BCUT2D eigenvalue weighted by atomic mass is 10.2.